The lowest BCUT2D eigenvalue weighted by Gasteiger charge is -2.24. The highest BCUT2D eigenvalue weighted by Gasteiger charge is 2.32. The van der Waals surface area contributed by atoms with Crippen molar-refractivity contribution in [2.75, 3.05) is 26.6 Å². The Balaban J connectivity index is 1.83. The highest BCUT2D eigenvalue weighted by molar-refractivity contribution is 7.07. The van der Waals surface area contributed by atoms with E-state index < -0.39 is 0 Å². The van der Waals surface area contributed by atoms with Gasteiger partial charge < -0.3 is 19.5 Å². The van der Waals surface area contributed by atoms with Crippen LogP contribution in [0.1, 0.15) is 22.8 Å². The number of ether oxygens (including phenoxy) is 3. The molecule has 0 bridgehead atoms. The van der Waals surface area contributed by atoms with Gasteiger partial charge in [0.2, 0.25) is 11.7 Å². The van der Waals surface area contributed by atoms with E-state index in [0.29, 0.717) is 23.7 Å². The Hall–Kier alpha value is -3.06. The largest absolute Gasteiger partial charge is 0.493 e. The van der Waals surface area contributed by atoms with Crippen LogP contribution in [0.2, 0.25) is 0 Å². The molecule has 144 valence electrons. The standard InChI is InChI=1S/C21H20N2O4S/c1-25-15-9-13(10-16(26-2)20(15)27-3)14-11-17(24)22-19-18(23-28-21(14)19)12-7-5-4-6-8-12/h4-10,14H,11H2,1-3H3,(H,22,24). The van der Waals surface area contributed by atoms with Crippen LogP contribution in [-0.2, 0) is 4.79 Å². The van der Waals surface area contributed by atoms with Gasteiger partial charge in [-0.05, 0) is 29.2 Å². The molecule has 1 unspecified atom stereocenters. The molecule has 28 heavy (non-hydrogen) atoms. The number of methoxy groups -OCH3 is 3. The normalized spacial score (nSPS) is 15.5. The Morgan fingerprint density at radius 2 is 1.71 bits per heavy atom. The molecule has 3 aromatic rings. The topological polar surface area (TPSA) is 69.7 Å². The second-order valence-corrected chi connectivity index (χ2v) is 7.20. The predicted octanol–water partition coefficient (Wildman–Crippen LogP) is 4.31. The Kier molecular flexibility index (Phi) is 4.92. The van der Waals surface area contributed by atoms with Gasteiger partial charge >= 0.3 is 0 Å². The zero-order chi connectivity index (χ0) is 19.7. The summed E-state index contributed by atoms with van der Waals surface area (Å²) in [6, 6.07) is 13.7. The number of fused-ring (bicyclic) bond motifs is 1. The smallest absolute Gasteiger partial charge is 0.225 e. The Bertz CT molecular complexity index is 991. The van der Waals surface area contributed by atoms with Gasteiger partial charge in [0, 0.05) is 17.9 Å². The summed E-state index contributed by atoms with van der Waals surface area (Å²) in [5.41, 5.74) is 3.48. The molecule has 4 rings (SSSR count). The van der Waals surface area contributed by atoms with Crippen molar-refractivity contribution in [3.63, 3.8) is 0 Å². The van der Waals surface area contributed by atoms with Crippen molar-refractivity contribution in [3.05, 3.63) is 52.9 Å². The van der Waals surface area contributed by atoms with Gasteiger partial charge in [-0.2, -0.15) is 4.37 Å². The summed E-state index contributed by atoms with van der Waals surface area (Å²) in [5, 5.41) is 3.01. The molecule has 1 aliphatic heterocycles. The molecule has 0 saturated carbocycles. The molecule has 1 aromatic heterocycles. The molecule has 2 heterocycles. The van der Waals surface area contributed by atoms with Crippen molar-refractivity contribution in [1.82, 2.24) is 4.37 Å². The van der Waals surface area contributed by atoms with Crippen molar-refractivity contribution in [1.29, 1.82) is 0 Å². The molecule has 1 amide bonds. The average Bonchev–Trinajstić information content (AvgIpc) is 3.16. The van der Waals surface area contributed by atoms with E-state index in [0.717, 1.165) is 27.4 Å². The van der Waals surface area contributed by atoms with Gasteiger partial charge in [0.25, 0.3) is 0 Å². The number of rotatable bonds is 5. The van der Waals surface area contributed by atoms with Crippen molar-refractivity contribution in [2.24, 2.45) is 0 Å². The lowest BCUT2D eigenvalue weighted by Crippen LogP contribution is -2.22. The maximum atomic E-state index is 12.5. The van der Waals surface area contributed by atoms with Crippen LogP contribution in [0.25, 0.3) is 11.3 Å². The maximum absolute atomic E-state index is 12.5. The third-order valence-electron chi connectivity index (χ3n) is 4.83. The monoisotopic (exact) mass is 396 g/mol. The SMILES string of the molecule is COc1cc(C2CC(=O)Nc3c(-c4ccccc4)nsc32)cc(OC)c1OC. The van der Waals surface area contributed by atoms with Gasteiger partial charge in [-0.25, -0.2) is 0 Å². The van der Waals surface area contributed by atoms with Crippen molar-refractivity contribution < 1.29 is 19.0 Å². The molecule has 2 aromatic carbocycles. The highest BCUT2D eigenvalue weighted by atomic mass is 32.1. The Morgan fingerprint density at radius 3 is 2.32 bits per heavy atom. The number of nitrogens with zero attached hydrogens (tertiary/aromatic N) is 1. The van der Waals surface area contributed by atoms with E-state index >= 15 is 0 Å². The molecule has 1 aliphatic rings. The van der Waals surface area contributed by atoms with E-state index in [-0.39, 0.29) is 11.8 Å². The lowest BCUT2D eigenvalue weighted by atomic mass is 9.89. The summed E-state index contributed by atoms with van der Waals surface area (Å²) < 4.78 is 21.0. The quantitative estimate of drug-likeness (QED) is 0.696. The zero-order valence-corrected chi connectivity index (χ0v) is 16.6. The summed E-state index contributed by atoms with van der Waals surface area (Å²) in [5.74, 6) is 1.49. The summed E-state index contributed by atoms with van der Waals surface area (Å²) in [6.45, 7) is 0. The highest BCUT2D eigenvalue weighted by Crippen LogP contribution is 2.48. The molecule has 1 N–H and O–H groups in total. The van der Waals surface area contributed by atoms with Crippen molar-refractivity contribution >= 4 is 23.1 Å². The molecular formula is C21H20N2O4S. The van der Waals surface area contributed by atoms with Crippen LogP contribution in [-0.4, -0.2) is 31.6 Å². The van der Waals surface area contributed by atoms with Crippen LogP contribution in [0.15, 0.2) is 42.5 Å². The van der Waals surface area contributed by atoms with Crippen LogP contribution in [0, 0.1) is 0 Å². The van der Waals surface area contributed by atoms with Gasteiger partial charge in [0.15, 0.2) is 11.5 Å². The second kappa shape index (κ2) is 7.52. The average molecular weight is 396 g/mol. The number of benzene rings is 2. The van der Waals surface area contributed by atoms with Gasteiger partial charge in [0.1, 0.15) is 5.69 Å². The van der Waals surface area contributed by atoms with E-state index in [2.05, 4.69) is 9.69 Å². The first kappa shape index (κ1) is 18.3. The molecule has 0 fully saturated rings. The molecule has 0 saturated heterocycles. The maximum Gasteiger partial charge on any atom is 0.225 e. The summed E-state index contributed by atoms with van der Waals surface area (Å²) >= 11 is 1.41. The van der Waals surface area contributed by atoms with E-state index in [9.17, 15) is 4.79 Å². The summed E-state index contributed by atoms with van der Waals surface area (Å²) in [4.78, 5) is 13.5. The van der Waals surface area contributed by atoms with Crippen molar-refractivity contribution in [2.45, 2.75) is 12.3 Å². The molecule has 0 radical (unpaired) electrons. The number of hydrogen-bond donors (Lipinski definition) is 1. The number of carbonyl (C=O) groups excluding carboxylic acids is 1. The lowest BCUT2D eigenvalue weighted by molar-refractivity contribution is -0.116. The van der Waals surface area contributed by atoms with Gasteiger partial charge in [0.05, 0.1) is 31.9 Å². The van der Waals surface area contributed by atoms with E-state index in [1.165, 1.54) is 11.5 Å². The van der Waals surface area contributed by atoms with Gasteiger partial charge in [-0.1, -0.05) is 30.3 Å². The molecule has 0 spiro atoms. The second-order valence-electron chi connectivity index (χ2n) is 6.40. The van der Waals surface area contributed by atoms with Crippen LogP contribution >= 0.6 is 11.5 Å². The van der Waals surface area contributed by atoms with E-state index in [4.69, 9.17) is 14.2 Å². The number of amides is 1. The first-order valence-electron chi connectivity index (χ1n) is 8.81. The minimum atomic E-state index is -0.132. The minimum absolute atomic E-state index is 0.0383. The molecule has 0 aliphatic carbocycles. The van der Waals surface area contributed by atoms with Crippen LogP contribution in [0.5, 0.6) is 17.2 Å². The first-order chi connectivity index (χ1) is 13.7. The summed E-state index contributed by atoms with van der Waals surface area (Å²) in [7, 11) is 4.74. The van der Waals surface area contributed by atoms with E-state index in [1.54, 1.807) is 21.3 Å². The molecule has 6 nitrogen and oxygen atoms in total. The van der Waals surface area contributed by atoms with Gasteiger partial charge in [-0.3, -0.25) is 4.79 Å². The predicted molar refractivity (Wildman–Crippen MR) is 109 cm³/mol. The zero-order valence-electron chi connectivity index (χ0n) is 15.8. The van der Waals surface area contributed by atoms with Crippen LogP contribution in [0.4, 0.5) is 5.69 Å². The van der Waals surface area contributed by atoms with Crippen LogP contribution in [0.3, 0.4) is 0 Å². The Morgan fingerprint density at radius 1 is 1.04 bits per heavy atom. The number of anilines is 1. The van der Waals surface area contributed by atoms with Crippen molar-refractivity contribution in [3.8, 4) is 28.5 Å². The summed E-state index contributed by atoms with van der Waals surface area (Å²) in [6.07, 6.45) is 0.335. The molecule has 7 heteroatoms. The minimum Gasteiger partial charge on any atom is -0.493 e. The third kappa shape index (κ3) is 3.07. The molecular weight excluding hydrogens is 376 g/mol. The first-order valence-corrected chi connectivity index (χ1v) is 9.58. The molecule has 1 atom stereocenters. The van der Waals surface area contributed by atoms with Crippen LogP contribution < -0.4 is 19.5 Å². The fourth-order valence-electron chi connectivity index (χ4n) is 3.49. The fraction of sp³-hybridized carbons (Fsp3) is 0.238. The van der Waals surface area contributed by atoms with E-state index in [1.807, 2.05) is 42.5 Å². The Labute approximate surface area is 167 Å². The number of hydrogen-bond acceptors (Lipinski definition) is 6. The van der Waals surface area contributed by atoms with Gasteiger partial charge in [-0.15, -0.1) is 0 Å². The number of carbonyl (C=O) groups is 1. The number of nitrogens with one attached hydrogen (secondary N) is 1. The fourth-order valence-corrected chi connectivity index (χ4v) is 4.47. The third-order valence-corrected chi connectivity index (χ3v) is 5.78. The number of aromatic nitrogens is 1.